The molecule has 0 saturated carbocycles. The Morgan fingerprint density at radius 3 is 2.77 bits per heavy atom. The van der Waals surface area contributed by atoms with Gasteiger partial charge >= 0.3 is 7.60 Å². The molecule has 74 valence electrons. The van der Waals surface area contributed by atoms with Crippen molar-refractivity contribution < 1.29 is 19.5 Å². The van der Waals surface area contributed by atoms with Crippen LogP contribution in [0.5, 0.6) is 0 Å². The smallest absolute Gasteiger partial charge is 0.325 e. The highest BCUT2D eigenvalue weighted by Crippen LogP contribution is 2.36. The van der Waals surface area contributed by atoms with Crippen LogP contribution >= 0.6 is 7.60 Å². The van der Waals surface area contributed by atoms with Crippen molar-refractivity contribution in [2.24, 2.45) is 0 Å². The Morgan fingerprint density at radius 1 is 1.62 bits per heavy atom. The maximum absolute atomic E-state index is 10.4. The summed E-state index contributed by atoms with van der Waals surface area (Å²) in [5.41, 5.74) is 0. The maximum Gasteiger partial charge on any atom is 0.325 e. The van der Waals surface area contributed by atoms with Crippen molar-refractivity contribution in [2.45, 2.75) is 12.5 Å². The second-order valence-corrected chi connectivity index (χ2v) is 4.34. The molecule has 1 aromatic rings. The summed E-state index contributed by atoms with van der Waals surface area (Å²) in [5.74, 6) is 0.216. The highest BCUT2D eigenvalue weighted by atomic mass is 31.2. The Balaban J connectivity index is 2.43. The van der Waals surface area contributed by atoms with Gasteiger partial charge in [-0.25, -0.2) is 4.98 Å². The van der Waals surface area contributed by atoms with Crippen molar-refractivity contribution in [3.8, 4) is 0 Å². The number of aliphatic hydroxyl groups is 1. The normalized spacial score (nSPS) is 14.4. The SMILES string of the molecule is O=P(O)(O)CCC(O)c1ncn[nH]1. The van der Waals surface area contributed by atoms with Gasteiger partial charge in [0.25, 0.3) is 0 Å². The van der Waals surface area contributed by atoms with Crippen molar-refractivity contribution in [3.05, 3.63) is 12.2 Å². The van der Waals surface area contributed by atoms with E-state index in [4.69, 9.17) is 9.79 Å². The van der Waals surface area contributed by atoms with Crippen molar-refractivity contribution in [3.63, 3.8) is 0 Å². The second kappa shape index (κ2) is 3.97. The van der Waals surface area contributed by atoms with Crippen molar-refractivity contribution in [1.29, 1.82) is 0 Å². The number of aromatic amines is 1. The number of H-pyrrole nitrogens is 1. The second-order valence-electron chi connectivity index (χ2n) is 2.56. The molecule has 1 heterocycles. The zero-order valence-corrected chi connectivity index (χ0v) is 7.55. The lowest BCUT2D eigenvalue weighted by Crippen LogP contribution is -2.03. The standard InChI is InChI=1S/C5H10N3O4P/c9-4(1-2-13(10,11)12)5-6-3-7-8-5/h3-4,9H,1-2H2,(H,6,7,8)(H2,10,11,12). The average Bonchev–Trinajstić information content (AvgIpc) is 2.50. The number of aliphatic hydroxyl groups excluding tert-OH is 1. The van der Waals surface area contributed by atoms with E-state index in [2.05, 4.69) is 15.2 Å². The number of aromatic nitrogens is 3. The number of hydrogen-bond donors (Lipinski definition) is 4. The number of hydrogen-bond acceptors (Lipinski definition) is 4. The molecular formula is C5H10N3O4P. The first-order chi connectivity index (χ1) is 5.99. The number of nitrogens with one attached hydrogen (secondary N) is 1. The third kappa shape index (κ3) is 3.65. The summed E-state index contributed by atoms with van der Waals surface area (Å²) in [6.07, 6.45) is -0.195. The minimum absolute atomic E-state index is 0.0422. The molecule has 0 aliphatic carbocycles. The number of rotatable bonds is 4. The fourth-order valence-corrected chi connectivity index (χ4v) is 1.38. The van der Waals surface area contributed by atoms with Crippen LogP contribution in [0.3, 0.4) is 0 Å². The van der Waals surface area contributed by atoms with Gasteiger partial charge in [-0.1, -0.05) is 0 Å². The van der Waals surface area contributed by atoms with Crippen LogP contribution < -0.4 is 0 Å². The minimum Gasteiger partial charge on any atom is -0.385 e. The van der Waals surface area contributed by atoms with Gasteiger partial charge in [0.05, 0.1) is 6.16 Å². The van der Waals surface area contributed by atoms with E-state index in [9.17, 15) is 9.67 Å². The van der Waals surface area contributed by atoms with E-state index in [1.165, 1.54) is 6.33 Å². The molecule has 0 radical (unpaired) electrons. The summed E-state index contributed by atoms with van der Waals surface area (Å²) >= 11 is 0. The first-order valence-electron chi connectivity index (χ1n) is 3.57. The van der Waals surface area contributed by atoms with E-state index in [-0.39, 0.29) is 18.4 Å². The fourth-order valence-electron chi connectivity index (χ4n) is 0.803. The summed E-state index contributed by atoms with van der Waals surface area (Å²) in [5, 5.41) is 15.2. The summed E-state index contributed by atoms with van der Waals surface area (Å²) < 4.78 is 10.4. The first kappa shape index (κ1) is 10.3. The van der Waals surface area contributed by atoms with E-state index in [1.54, 1.807) is 0 Å². The number of nitrogens with zero attached hydrogens (tertiary/aromatic N) is 2. The molecule has 0 aliphatic heterocycles. The molecule has 4 N–H and O–H groups in total. The zero-order chi connectivity index (χ0) is 9.90. The van der Waals surface area contributed by atoms with Crippen LogP contribution in [0.4, 0.5) is 0 Å². The van der Waals surface area contributed by atoms with Gasteiger partial charge in [0, 0.05) is 0 Å². The van der Waals surface area contributed by atoms with Gasteiger partial charge in [-0.15, -0.1) is 0 Å². The molecule has 1 aromatic heterocycles. The Bertz CT molecular complexity index is 295. The molecule has 8 heteroatoms. The minimum atomic E-state index is -4.04. The van der Waals surface area contributed by atoms with E-state index in [0.29, 0.717) is 0 Å². The van der Waals surface area contributed by atoms with Gasteiger partial charge in [0.15, 0.2) is 5.82 Å². The molecule has 1 atom stereocenters. The van der Waals surface area contributed by atoms with Crippen molar-refractivity contribution >= 4 is 7.60 Å². The summed E-state index contributed by atoms with van der Waals surface area (Å²) in [4.78, 5) is 20.7. The molecule has 1 unspecified atom stereocenters. The molecule has 0 amide bonds. The predicted molar refractivity (Wildman–Crippen MR) is 42.9 cm³/mol. The molecule has 0 aromatic carbocycles. The van der Waals surface area contributed by atoms with Crippen LogP contribution in [0.15, 0.2) is 6.33 Å². The molecule has 1 rings (SSSR count). The van der Waals surface area contributed by atoms with Gasteiger partial charge < -0.3 is 14.9 Å². The van der Waals surface area contributed by atoms with Gasteiger partial charge in [0.1, 0.15) is 12.4 Å². The quantitative estimate of drug-likeness (QED) is 0.489. The van der Waals surface area contributed by atoms with Crippen LogP contribution in [-0.2, 0) is 4.57 Å². The molecular weight excluding hydrogens is 197 g/mol. The molecule has 0 fully saturated rings. The van der Waals surface area contributed by atoms with Crippen LogP contribution in [-0.4, -0.2) is 36.2 Å². The molecule has 13 heavy (non-hydrogen) atoms. The monoisotopic (exact) mass is 207 g/mol. The molecule has 0 aliphatic rings. The first-order valence-corrected chi connectivity index (χ1v) is 5.37. The highest BCUT2D eigenvalue weighted by Gasteiger charge is 2.18. The summed E-state index contributed by atoms with van der Waals surface area (Å²) in [7, 11) is -4.04. The van der Waals surface area contributed by atoms with Crippen molar-refractivity contribution in [2.75, 3.05) is 6.16 Å². The molecule has 0 spiro atoms. The maximum atomic E-state index is 10.4. The third-order valence-electron chi connectivity index (χ3n) is 1.44. The van der Waals surface area contributed by atoms with E-state index in [0.717, 1.165) is 0 Å². The van der Waals surface area contributed by atoms with Crippen LogP contribution in [0.2, 0.25) is 0 Å². The molecule has 7 nitrogen and oxygen atoms in total. The van der Waals surface area contributed by atoms with Crippen molar-refractivity contribution in [1.82, 2.24) is 15.2 Å². The van der Waals surface area contributed by atoms with Gasteiger partial charge in [-0.3, -0.25) is 9.66 Å². The van der Waals surface area contributed by atoms with E-state index < -0.39 is 13.7 Å². The lowest BCUT2D eigenvalue weighted by atomic mass is 10.3. The lowest BCUT2D eigenvalue weighted by Gasteiger charge is -2.07. The van der Waals surface area contributed by atoms with Gasteiger partial charge in [-0.05, 0) is 6.42 Å². The topological polar surface area (TPSA) is 119 Å². The predicted octanol–water partition coefficient (Wildman–Crippen LogP) is -0.594. The summed E-state index contributed by atoms with van der Waals surface area (Å²) in [6, 6.07) is 0. The Morgan fingerprint density at radius 2 is 2.31 bits per heavy atom. The Labute approximate surface area is 74.0 Å². The average molecular weight is 207 g/mol. The van der Waals surface area contributed by atoms with E-state index >= 15 is 0 Å². The van der Waals surface area contributed by atoms with Gasteiger partial charge in [0.2, 0.25) is 0 Å². The Hall–Kier alpha value is -0.750. The van der Waals surface area contributed by atoms with Crippen LogP contribution in [0, 0.1) is 0 Å². The largest absolute Gasteiger partial charge is 0.385 e. The van der Waals surface area contributed by atoms with E-state index in [1.807, 2.05) is 0 Å². The van der Waals surface area contributed by atoms with Crippen LogP contribution in [0.25, 0.3) is 0 Å². The summed E-state index contributed by atoms with van der Waals surface area (Å²) in [6.45, 7) is 0. The van der Waals surface area contributed by atoms with Gasteiger partial charge in [-0.2, -0.15) is 5.10 Å². The fraction of sp³-hybridized carbons (Fsp3) is 0.600. The zero-order valence-electron chi connectivity index (χ0n) is 6.66. The Kier molecular flexibility index (Phi) is 3.16. The highest BCUT2D eigenvalue weighted by molar-refractivity contribution is 7.51. The molecule has 0 saturated heterocycles. The van der Waals surface area contributed by atoms with Crippen LogP contribution in [0.1, 0.15) is 18.3 Å². The lowest BCUT2D eigenvalue weighted by molar-refractivity contribution is 0.162. The third-order valence-corrected chi connectivity index (χ3v) is 2.28. The molecule has 0 bridgehead atoms.